The lowest BCUT2D eigenvalue weighted by Crippen LogP contribution is -2.34. The number of nitrogens with one attached hydrogen (secondary N) is 1. The molecular weight excluding hydrogens is 308 g/mol. The van der Waals surface area contributed by atoms with Gasteiger partial charge in [0.05, 0.1) is 16.8 Å². The highest BCUT2D eigenvalue weighted by molar-refractivity contribution is 6.33. The minimum atomic E-state index is -0.0836. The molecule has 1 fully saturated rings. The lowest BCUT2D eigenvalue weighted by Gasteiger charge is -2.26. The van der Waals surface area contributed by atoms with Crippen LogP contribution < -0.4 is 5.32 Å². The van der Waals surface area contributed by atoms with Crippen molar-refractivity contribution in [2.75, 3.05) is 11.9 Å². The molecule has 2 aromatic rings. The highest BCUT2D eigenvalue weighted by atomic mass is 35.5. The number of urea groups is 1. The first-order valence-electron chi connectivity index (χ1n) is 7.95. The average molecular weight is 329 g/mol. The van der Waals surface area contributed by atoms with Crippen molar-refractivity contribution in [1.29, 1.82) is 0 Å². The van der Waals surface area contributed by atoms with Crippen molar-refractivity contribution in [2.45, 2.75) is 32.7 Å². The molecule has 2 amide bonds. The normalized spacial score (nSPS) is 17.3. The summed E-state index contributed by atoms with van der Waals surface area (Å²) < 4.78 is 0. The maximum absolute atomic E-state index is 12.7. The van der Waals surface area contributed by atoms with Crippen molar-refractivity contribution >= 4 is 23.3 Å². The number of nitrogens with zero attached hydrogens (tertiary/aromatic N) is 1. The van der Waals surface area contributed by atoms with Crippen LogP contribution >= 0.6 is 11.6 Å². The molecule has 1 aliphatic rings. The summed E-state index contributed by atoms with van der Waals surface area (Å²) in [6, 6.07) is 14.1. The quantitative estimate of drug-likeness (QED) is 0.794. The lowest BCUT2D eigenvalue weighted by atomic mass is 10.0. The molecule has 1 saturated heterocycles. The largest absolute Gasteiger partial charge is 0.322 e. The Kier molecular flexibility index (Phi) is 4.58. The van der Waals surface area contributed by atoms with E-state index in [1.807, 2.05) is 30.0 Å². The minimum absolute atomic E-state index is 0.0836. The zero-order chi connectivity index (χ0) is 16.4. The number of carbonyl (C=O) groups excluding carboxylic acids is 1. The molecule has 0 saturated carbocycles. The van der Waals surface area contributed by atoms with Crippen LogP contribution in [0.5, 0.6) is 0 Å². The van der Waals surface area contributed by atoms with Gasteiger partial charge in [-0.25, -0.2) is 4.79 Å². The summed E-state index contributed by atoms with van der Waals surface area (Å²) in [6.07, 6.45) is 2.02. The van der Waals surface area contributed by atoms with Gasteiger partial charge in [0.2, 0.25) is 0 Å². The van der Waals surface area contributed by atoms with E-state index in [1.165, 1.54) is 11.1 Å². The van der Waals surface area contributed by atoms with Gasteiger partial charge in [0.15, 0.2) is 0 Å². The Morgan fingerprint density at radius 1 is 1.17 bits per heavy atom. The average Bonchev–Trinajstić information content (AvgIpc) is 2.99. The number of hydrogen-bond acceptors (Lipinski definition) is 1. The van der Waals surface area contributed by atoms with Crippen molar-refractivity contribution < 1.29 is 4.79 Å². The molecule has 2 aromatic carbocycles. The van der Waals surface area contributed by atoms with Crippen LogP contribution in [0.1, 0.15) is 35.6 Å². The van der Waals surface area contributed by atoms with Crippen molar-refractivity contribution in [3.05, 3.63) is 64.2 Å². The summed E-state index contributed by atoms with van der Waals surface area (Å²) in [6.45, 7) is 4.83. The molecule has 4 heteroatoms. The second-order valence-electron chi connectivity index (χ2n) is 6.18. The second-order valence-corrected chi connectivity index (χ2v) is 6.59. The highest BCUT2D eigenvalue weighted by Crippen LogP contribution is 2.33. The number of carbonyl (C=O) groups is 1. The number of amides is 2. The van der Waals surface area contributed by atoms with Crippen LogP contribution in [0.2, 0.25) is 5.02 Å². The number of rotatable bonds is 2. The second kappa shape index (κ2) is 6.63. The summed E-state index contributed by atoms with van der Waals surface area (Å²) in [5.41, 5.74) is 4.16. The maximum Gasteiger partial charge on any atom is 0.322 e. The van der Waals surface area contributed by atoms with E-state index in [-0.39, 0.29) is 12.1 Å². The predicted octanol–water partition coefficient (Wildman–Crippen LogP) is 5.33. The Hall–Kier alpha value is -2.00. The van der Waals surface area contributed by atoms with Crippen LogP contribution in [-0.4, -0.2) is 17.5 Å². The minimum Gasteiger partial charge on any atom is -0.317 e. The Bertz CT molecular complexity index is 729. The van der Waals surface area contributed by atoms with Crippen molar-refractivity contribution in [3.8, 4) is 0 Å². The van der Waals surface area contributed by atoms with E-state index in [4.69, 9.17) is 11.6 Å². The molecule has 23 heavy (non-hydrogen) atoms. The van der Waals surface area contributed by atoms with Crippen LogP contribution in [0.3, 0.4) is 0 Å². The Balaban J connectivity index is 1.78. The van der Waals surface area contributed by atoms with E-state index < -0.39 is 0 Å². The third kappa shape index (κ3) is 3.50. The molecule has 0 bridgehead atoms. The van der Waals surface area contributed by atoms with Crippen LogP contribution in [0.4, 0.5) is 10.5 Å². The third-order valence-corrected chi connectivity index (χ3v) is 4.62. The molecular formula is C19H21ClN2O. The van der Waals surface area contributed by atoms with E-state index in [9.17, 15) is 4.79 Å². The number of likely N-dealkylation sites (tertiary alicyclic amines) is 1. The lowest BCUT2D eigenvalue weighted by molar-refractivity contribution is 0.207. The molecule has 3 nitrogen and oxygen atoms in total. The highest BCUT2D eigenvalue weighted by Gasteiger charge is 2.30. The number of benzene rings is 2. The van der Waals surface area contributed by atoms with E-state index in [0.717, 1.165) is 24.9 Å². The first kappa shape index (κ1) is 15.9. The van der Waals surface area contributed by atoms with Crippen molar-refractivity contribution in [1.82, 2.24) is 4.90 Å². The SMILES string of the molecule is Cc1cccc(C2CCCN2C(=O)Nc2ccc(C)cc2Cl)c1. The fourth-order valence-electron chi connectivity index (χ4n) is 3.14. The Morgan fingerprint density at radius 3 is 2.70 bits per heavy atom. The smallest absolute Gasteiger partial charge is 0.317 e. The molecule has 0 aliphatic carbocycles. The number of hydrogen-bond donors (Lipinski definition) is 1. The van der Waals surface area contributed by atoms with Gasteiger partial charge >= 0.3 is 6.03 Å². The summed E-state index contributed by atoms with van der Waals surface area (Å²) in [5, 5.41) is 3.52. The van der Waals surface area contributed by atoms with Crippen LogP contribution in [0, 0.1) is 13.8 Å². The molecule has 0 spiro atoms. The topological polar surface area (TPSA) is 32.3 Å². The molecule has 1 N–H and O–H groups in total. The zero-order valence-corrected chi connectivity index (χ0v) is 14.2. The number of aryl methyl sites for hydroxylation is 2. The standard InChI is InChI=1S/C19H21ClN2O/c1-13-5-3-6-15(11-13)18-7-4-10-22(18)19(23)21-17-9-8-14(2)12-16(17)20/h3,5-6,8-9,11-12,18H,4,7,10H2,1-2H3,(H,21,23). The van der Waals surface area contributed by atoms with Gasteiger partial charge in [0.25, 0.3) is 0 Å². The Morgan fingerprint density at radius 2 is 1.96 bits per heavy atom. The number of anilines is 1. The van der Waals surface area contributed by atoms with Crippen LogP contribution in [-0.2, 0) is 0 Å². The molecule has 120 valence electrons. The van der Waals surface area contributed by atoms with Crippen molar-refractivity contribution in [2.24, 2.45) is 0 Å². The van der Waals surface area contributed by atoms with Gasteiger partial charge in [-0.05, 0) is 49.9 Å². The molecule has 1 heterocycles. The van der Waals surface area contributed by atoms with E-state index >= 15 is 0 Å². The van der Waals surface area contributed by atoms with Crippen molar-refractivity contribution in [3.63, 3.8) is 0 Å². The van der Waals surface area contributed by atoms with Gasteiger partial charge in [0, 0.05) is 6.54 Å². The van der Waals surface area contributed by atoms with Gasteiger partial charge in [-0.1, -0.05) is 47.5 Å². The molecule has 3 rings (SSSR count). The summed E-state index contributed by atoms with van der Waals surface area (Å²) >= 11 is 6.22. The molecule has 1 aliphatic heterocycles. The molecule has 0 aromatic heterocycles. The van der Waals surface area contributed by atoms with Gasteiger partial charge in [0.1, 0.15) is 0 Å². The summed E-state index contributed by atoms with van der Waals surface area (Å²) in [7, 11) is 0. The Labute approximate surface area is 142 Å². The van der Waals surface area contributed by atoms with E-state index in [1.54, 1.807) is 0 Å². The van der Waals surface area contributed by atoms with Gasteiger partial charge < -0.3 is 10.2 Å². The van der Waals surface area contributed by atoms with Gasteiger partial charge in [-0.15, -0.1) is 0 Å². The zero-order valence-electron chi connectivity index (χ0n) is 13.5. The van der Waals surface area contributed by atoms with Crippen LogP contribution in [0.25, 0.3) is 0 Å². The maximum atomic E-state index is 12.7. The number of halogens is 1. The molecule has 1 unspecified atom stereocenters. The first-order valence-corrected chi connectivity index (χ1v) is 8.33. The first-order chi connectivity index (χ1) is 11.0. The van der Waals surface area contributed by atoms with Crippen LogP contribution in [0.15, 0.2) is 42.5 Å². The van der Waals surface area contributed by atoms with E-state index in [0.29, 0.717) is 10.7 Å². The monoisotopic (exact) mass is 328 g/mol. The van der Waals surface area contributed by atoms with Gasteiger partial charge in [-0.2, -0.15) is 0 Å². The van der Waals surface area contributed by atoms with E-state index in [2.05, 4.69) is 36.5 Å². The molecule has 0 radical (unpaired) electrons. The van der Waals surface area contributed by atoms with Gasteiger partial charge in [-0.3, -0.25) is 0 Å². The summed E-state index contributed by atoms with van der Waals surface area (Å²) in [5.74, 6) is 0. The fraction of sp³-hybridized carbons (Fsp3) is 0.316. The molecule has 1 atom stereocenters. The fourth-order valence-corrected chi connectivity index (χ4v) is 3.42. The predicted molar refractivity (Wildman–Crippen MR) is 95.1 cm³/mol. The third-order valence-electron chi connectivity index (χ3n) is 4.31. The summed E-state index contributed by atoms with van der Waals surface area (Å²) in [4.78, 5) is 14.6.